The molecular weight excluding hydrogens is 184 g/mol. The molecule has 15 heavy (non-hydrogen) atoms. The van der Waals surface area contributed by atoms with E-state index in [1.807, 2.05) is 0 Å². The van der Waals surface area contributed by atoms with Crippen molar-refractivity contribution < 1.29 is 0 Å². The topological polar surface area (TPSA) is 27.1 Å². The Hall–Kier alpha value is -0.530. The van der Waals surface area contributed by atoms with Crippen molar-refractivity contribution in [3.63, 3.8) is 0 Å². The summed E-state index contributed by atoms with van der Waals surface area (Å²) in [6, 6.07) is 0. The van der Waals surface area contributed by atoms with Gasteiger partial charge in [-0.05, 0) is 26.2 Å². The monoisotopic (exact) mass is 210 g/mol. The maximum atomic E-state index is 8.24. The first-order valence-corrected chi connectivity index (χ1v) is 6.63. The second kappa shape index (κ2) is 6.86. The molecule has 0 radical (unpaired) electrons. The van der Waals surface area contributed by atoms with Crippen molar-refractivity contribution in [2.75, 3.05) is 13.1 Å². The molecule has 88 valence electrons. The third kappa shape index (κ3) is 3.84. The van der Waals surface area contributed by atoms with Crippen LogP contribution in [0, 0.1) is 11.3 Å². The zero-order chi connectivity index (χ0) is 11.1. The van der Waals surface area contributed by atoms with E-state index in [0.29, 0.717) is 5.92 Å². The molecule has 1 aliphatic carbocycles. The maximum absolute atomic E-state index is 8.24. The summed E-state index contributed by atoms with van der Waals surface area (Å²) in [6.07, 6.45) is 9.00. The van der Waals surface area contributed by atoms with Crippen LogP contribution in [0.2, 0.25) is 0 Å². The molecule has 1 saturated carbocycles. The van der Waals surface area contributed by atoms with Crippen LogP contribution in [0.15, 0.2) is 0 Å². The van der Waals surface area contributed by atoms with Gasteiger partial charge in [0.15, 0.2) is 0 Å². The molecule has 0 bridgehead atoms. The van der Waals surface area contributed by atoms with Gasteiger partial charge in [0.25, 0.3) is 0 Å². The largest absolute Gasteiger partial charge is 0.361 e. The molecule has 1 N–H and O–H groups in total. The van der Waals surface area contributed by atoms with Crippen LogP contribution < -0.4 is 0 Å². The Balaban J connectivity index is 2.40. The maximum Gasteiger partial charge on any atom is 0.0989 e. The minimum atomic E-state index is 0.565. The first-order valence-electron chi connectivity index (χ1n) is 6.63. The van der Waals surface area contributed by atoms with Gasteiger partial charge in [-0.1, -0.05) is 32.6 Å². The Morgan fingerprint density at radius 3 is 2.40 bits per heavy atom. The van der Waals surface area contributed by atoms with E-state index in [1.54, 1.807) is 0 Å². The van der Waals surface area contributed by atoms with Crippen molar-refractivity contribution >= 4 is 5.84 Å². The van der Waals surface area contributed by atoms with Crippen LogP contribution in [0.25, 0.3) is 0 Å². The molecule has 0 amide bonds. The van der Waals surface area contributed by atoms with Crippen LogP contribution in [0.1, 0.15) is 58.8 Å². The fourth-order valence-corrected chi connectivity index (χ4v) is 2.43. The van der Waals surface area contributed by atoms with Crippen molar-refractivity contribution in [2.24, 2.45) is 5.92 Å². The smallest absolute Gasteiger partial charge is 0.0989 e. The number of hydrogen-bond donors (Lipinski definition) is 1. The fourth-order valence-electron chi connectivity index (χ4n) is 2.43. The molecule has 1 aliphatic rings. The highest BCUT2D eigenvalue weighted by molar-refractivity contribution is 5.81. The van der Waals surface area contributed by atoms with Gasteiger partial charge in [0.1, 0.15) is 0 Å². The average molecular weight is 210 g/mol. The van der Waals surface area contributed by atoms with Crippen LogP contribution >= 0.6 is 0 Å². The molecule has 0 aliphatic heterocycles. The van der Waals surface area contributed by atoms with E-state index in [0.717, 1.165) is 18.9 Å². The minimum Gasteiger partial charge on any atom is -0.361 e. The zero-order valence-electron chi connectivity index (χ0n) is 10.4. The molecular formula is C13H26N2. The number of amidine groups is 1. The quantitative estimate of drug-likeness (QED) is 0.544. The summed E-state index contributed by atoms with van der Waals surface area (Å²) in [4.78, 5) is 2.28. The van der Waals surface area contributed by atoms with Crippen molar-refractivity contribution in [1.82, 2.24) is 4.90 Å². The fraction of sp³-hybridized carbons (Fsp3) is 0.923. The van der Waals surface area contributed by atoms with Gasteiger partial charge in [-0.3, -0.25) is 5.41 Å². The lowest BCUT2D eigenvalue weighted by atomic mass is 9.88. The number of nitrogens with one attached hydrogen (secondary N) is 1. The van der Waals surface area contributed by atoms with Crippen molar-refractivity contribution in [1.29, 1.82) is 5.41 Å². The standard InChI is InChI=1S/C13H26N2/c1-3-5-11-15(4-2)13(14)12-9-7-6-8-10-12/h12,14H,3-11H2,1-2H3. The minimum absolute atomic E-state index is 0.565. The van der Waals surface area contributed by atoms with E-state index in [9.17, 15) is 0 Å². The first-order chi connectivity index (χ1) is 7.29. The summed E-state index contributed by atoms with van der Waals surface area (Å²) >= 11 is 0. The molecule has 0 saturated heterocycles. The summed E-state index contributed by atoms with van der Waals surface area (Å²) in [5.41, 5.74) is 0. The van der Waals surface area contributed by atoms with Gasteiger partial charge >= 0.3 is 0 Å². The number of nitrogens with zero attached hydrogens (tertiary/aromatic N) is 1. The predicted molar refractivity (Wildman–Crippen MR) is 66.5 cm³/mol. The highest BCUT2D eigenvalue weighted by Crippen LogP contribution is 2.25. The van der Waals surface area contributed by atoms with E-state index < -0.39 is 0 Å². The zero-order valence-corrected chi connectivity index (χ0v) is 10.4. The highest BCUT2D eigenvalue weighted by Gasteiger charge is 2.21. The second-order valence-electron chi connectivity index (χ2n) is 4.65. The number of hydrogen-bond acceptors (Lipinski definition) is 1. The van der Waals surface area contributed by atoms with E-state index >= 15 is 0 Å². The van der Waals surface area contributed by atoms with Crippen molar-refractivity contribution in [2.45, 2.75) is 58.8 Å². The molecule has 0 aromatic rings. The Morgan fingerprint density at radius 2 is 1.87 bits per heavy atom. The highest BCUT2D eigenvalue weighted by atomic mass is 15.2. The van der Waals surface area contributed by atoms with Gasteiger partial charge in [0, 0.05) is 19.0 Å². The summed E-state index contributed by atoms with van der Waals surface area (Å²) < 4.78 is 0. The SMILES string of the molecule is CCCCN(CC)C(=N)C1CCCCC1. The summed E-state index contributed by atoms with van der Waals surface area (Å²) in [6.45, 7) is 6.49. The van der Waals surface area contributed by atoms with Gasteiger partial charge in [-0.25, -0.2) is 0 Å². The van der Waals surface area contributed by atoms with Gasteiger partial charge in [0.2, 0.25) is 0 Å². The predicted octanol–water partition coefficient (Wildman–Crippen LogP) is 3.67. The molecule has 0 aromatic heterocycles. The van der Waals surface area contributed by atoms with Gasteiger partial charge in [0.05, 0.1) is 5.84 Å². The molecule has 2 heteroatoms. The molecule has 0 spiro atoms. The van der Waals surface area contributed by atoms with Crippen LogP contribution in [-0.2, 0) is 0 Å². The first kappa shape index (κ1) is 12.5. The molecule has 2 nitrogen and oxygen atoms in total. The average Bonchev–Trinajstić information content (AvgIpc) is 2.31. The lowest BCUT2D eigenvalue weighted by molar-refractivity contribution is 0.357. The Kier molecular flexibility index (Phi) is 5.74. The van der Waals surface area contributed by atoms with Crippen LogP contribution in [0.4, 0.5) is 0 Å². The van der Waals surface area contributed by atoms with E-state index in [-0.39, 0.29) is 0 Å². The van der Waals surface area contributed by atoms with Crippen molar-refractivity contribution in [3.05, 3.63) is 0 Å². The Labute approximate surface area is 94.6 Å². The summed E-state index contributed by atoms with van der Waals surface area (Å²) in [5, 5.41) is 8.24. The van der Waals surface area contributed by atoms with Crippen LogP contribution in [0.5, 0.6) is 0 Å². The lowest BCUT2D eigenvalue weighted by Gasteiger charge is -2.31. The van der Waals surface area contributed by atoms with E-state index in [2.05, 4.69) is 18.7 Å². The number of unbranched alkanes of at least 4 members (excludes halogenated alkanes) is 1. The molecule has 1 fully saturated rings. The lowest BCUT2D eigenvalue weighted by Crippen LogP contribution is -2.37. The van der Waals surface area contributed by atoms with E-state index in [1.165, 1.54) is 44.9 Å². The molecule has 1 rings (SSSR count). The normalized spacial score (nSPS) is 17.7. The van der Waals surface area contributed by atoms with Crippen molar-refractivity contribution in [3.8, 4) is 0 Å². The summed E-state index contributed by atoms with van der Waals surface area (Å²) in [5.74, 6) is 1.49. The number of rotatable bonds is 5. The van der Waals surface area contributed by atoms with Gasteiger partial charge in [-0.15, -0.1) is 0 Å². The van der Waals surface area contributed by atoms with E-state index in [4.69, 9.17) is 5.41 Å². The molecule has 0 aromatic carbocycles. The summed E-state index contributed by atoms with van der Waals surface area (Å²) in [7, 11) is 0. The molecule has 0 atom stereocenters. The van der Waals surface area contributed by atoms with Crippen LogP contribution in [0.3, 0.4) is 0 Å². The second-order valence-corrected chi connectivity index (χ2v) is 4.65. The van der Waals surface area contributed by atoms with Gasteiger partial charge in [-0.2, -0.15) is 0 Å². The Morgan fingerprint density at radius 1 is 1.20 bits per heavy atom. The third-order valence-corrected chi connectivity index (χ3v) is 3.50. The third-order valence-electron chi connectivity index (χ3n) is 3.50. The molecule has 0 heterocycles. The van der Waals surface area contributed by atoms with Crippen LogP contribution in [-0.4, -0.2) is 23.8 Å². The Bertz CT molecular complexity index is 183. The molecule has 0 unspecified atom stereocenters. The van der Waals surface area contributed by atoms with Gasteiger partial charge < -0.3 is 4.90 Å².